The predicted molar refractivity (Wildman–Crippen MR) is 121 cm³/mol. The summed E-state index contributed by atoms with van der Waals surface area (Å²) in [6, 6.07) is 7.88. The highest BCUT2D eigenvalue weighted by Crippen LogP contribution is 2.25. The van der Waals surface area contributed by atoms with Gasteiger partial charge < -0.3 is 21.1 Å². The summed E-state index contributed by atoms with van der Waals surface area (Å²) in [5, 5.41) is 9.47. The minimum atomic E-state index is -0.808. The number of nitrogens with one attached hydrogen (secondary N) is 1. The Bertz CT molecular complexity index is 794. The Morgan fingerprint density at radius 1 is 1.38 bits per heavy atom. The molecule has 1 saturated heterocycles. The predicted octanol–water partition coefficient (Wildman–Crippen LogP) is 0.982. The Kier molecular flexibility index (Phi) is 11.4. The summed E-state index contributed by atoms with van der Waals surface area (Å²) in [6.07, 6.45) is 2.04. The summed E-state index contributed by atoms with van der Waals surface area (Å²) < 4.78 is 5.47. The van der Waals surface area contributed by atoms with Crippen LogP contribution in [0.15, 0.2) is 35.3 Å². The van der Waals surface area contributed by atoms with E-state index in [-0.39, 0.29) is 37.4 Å². The van der Waals surface area contributed by atoms with Gasteiger partial charge in [-0.05, 0) is 37.2 Å². The molecule has 0 saturated carbocycles. The standard InChI is InChI=1S/C20H30N6O5.ClH/c1-14-9-11-25(17(12-14)19(28)31-13-15-6-3-2-4-7-15)18(27)16(21)8-5-10-23-20(22)24-26(29)30;/h2-4,6-7,14,16-17H,5,8-13,21H2,1H3,(H3,22,23,24);1H/t14-,16-,17-;/m0./s1. The first kappa shape index (κ1) is 27.1. The van der Waals surface area contributed by atoms with Gasteiger partial charge in [0.2, 0.25) is 5.91 Å². The highest BCUT2D eigenvalue weighted by atomic mass is 35.5. The number of aliphatic imine (C=N–C) groups is 1. The molecule has 0 aliphatic carbocycles. The number of guanidine groups is 1. The number of esters is 1. The van der Waals surface area contributed by atoms with Gasteiger partial charge in [-0.25, -0.2) is 19.9 Å². The third-order valence-electron chi connectivity index (χ3n) is 5.12. The maximum Gasteiger partial charge on any atom is 0.329 e. The number of rotatable bonds is 9. The van der Waals surface area contributed by atoms with Crippen LogP contribution in [0.5, 0.6) is 0 Å². The molecule has 11 nitrogen and oxygen atoms in total. The van der Waals surface area contributed by atoms with Crippen LogP contribution in [0.2, 0.25) is 0 Å². The molecule has 1 fully saturated rings. The summed E-state index contributed by atoms with van der Waals surface area (Å²) >= 11 is 0. The van der Waals surface area contributed by atoms with Crippen LogP contribution >= 0.6 is 12.4 Å². The molecule has 1 heterocycles. The Balaban J connectivity index is 0.00000512. The van der Waals surface area contributed by atoms with Gasteiger partial charge in [-0.3, -0.25) is 4.79 Å². The number of nitrogens with two attached hydrogens (primary N) is 2. The highest BCUT2D eigenvalue weighted by molar-refractivity contribution is 5.87. The van der Waals surface area contributed by atoms with Crippen molar-refractivity contribution in [1.82, 2.24) is 10.3 Å². The number of nitro groups is 1. The van der Waals surface area contributed by atoms with E-state index in [1.807, 2.05) is 37.3 Å². The van der Waals surface area contributed by atoms with E-state index in [1.165, 1.54) is 4.90 Å². The normalized spacial score (nSPS) is 19.4. The fraction of sp³-hybridized carbons (Fsp3) is 0.550. The van der Waals surface area contributed by atoms with Gasteiger partial charge in [-0.2, -0.15) is 0 Å². The number of halogens is 1. The molecule has 1 aromatic rings. The van der Waals surface area contributed by atoms with Gasteiger partial charge >= 0.3 is 5.97 Å². The van der Waals surface area contributed by atoms with Crippen molar-refractivity contribution in [2.24, 2.45) is 22.4 Å². The molecule has 32 heavy (non-hydrogen) atoms. The van der Waals surface area contributed by atoms with E-state index >= 15 is 0 Å². The fourth-order valence-electron chi connectivity index (χ4n) is 3.43. The van der Waals surface area contributed by atoms with Crippen LogP contribution in [-0.4, -0.2) is 52.9 Å². The Hall–Kier alpha value is -2.92. The molecule has 2 rings (SSSR count). The Morgan fingerprint density at radius 2 is 2.06 bits per heavy atom. The van der Waals surface area contributed by atoms with E-state index in [0.29, 0.717) is 31.7 Å². The fourth-order valence-corrected chi connectivity index (χ4v) is 3.43. The first-order chi connectivity index (χ1) is 14.8. The molecule has 1 aromatic carbocycles. The number of nitrogens with zero attached hydrogens (tertiary/aromatic N) is 3. The largest absolute Gasteiger partial charge is 0.459 e. The maximum absolute atomic E-state index is 12.9. The van der Waals surface area contributed by atoms with Crippen LogP contribution in [0.25, 0.3) is 0 Å². The molecule has 1 aliphatic rings. The molecule has 0 bridgehead atoms. The zero-order chi connectivity index (χ0) is 22.8. The first-order valence-electron chi connectivity index (χ1n) is 10.3. The topological polar surface area (TPSA) is 166 Å². The molecular weight excluding hydrogens is 440 g/mol. The minimum Gasteiger partial charge on any atom is -0.459 e. The molecule has 0 radical (unpaired) electrons. The smallest absolute Gasteiger partial charge is 0.329 e. The molecule has 0 unspecified atom stereocenters. The third kappa shape index (κ3) is 8.67. The van der Waals surface area contributed by atoms with E-state index in [9.17, 15) is 19.7 Å². The minimum absolute atomic E-state index is 0. The van der Waals surface area contributed by atoms with Crippen molar-refractivity contribution in [3.63, 3.8) is 0 Å². The van der Waals surface area contributed by atoms with Gasteiger partial charge in [0.15, 0.2) is 5.03 Å². The molecule has 12 heteroatoms. The number of hydrogen-bond donors (Lipinski definition) is 3. The Labute approximate surface area is 193 Å². The lowest BCUT2D eigenvalue weighted by Gasteiger charge is -2.38. The van der Waals surface area contributed by atoms with Crippen LogP contribution in [0.4, 0.5) is 0 Å². The lowest BCUT2D eigenvalue weighted by Crippen LogP contribution is -2.55. The number of benzene rings is 1. The molecule has 5 N–H and O–H groups in total. The number of hydrazine groups is 1. The highest BCUT2D eigenvalue weighted by Gasteiger charge is 2.37. The van der Waals surface area contributed by atoms with Gasteiger partial charge in [0, 0.05) is 13.1 Å². The van der Waals surface area contributed by atoms with Crippen LogP contribution < -0.4 is 16.9 Å². The monoisotopic (exact) mass is 470 g/mol. The van der Waals surface area contributed by atoms with Crippen LogP contribution in [0.1, 0.15) is 38.2 Å². The number of likely N-dealkylation sites (tertiary alicyclic amines) is 1. The van der Waals surface area contributed by atoms with Crippen molar-refractivity contribution < 1.29 is 19.4 Å². The summed E-state index contributed by atoms with van der Waals surface area (Å²) in [5.74, 6) is -0.759. The molecule has 0 aromatic heterocycles. The van der Waals surface area contributed by atoms with Gasteiger partial charge in [0.05, 0.1) is 6.04 Å². The second-order valence-corrected chi connectivity index (χ2v) is 7.65. The summed E-state index contributed by atoms with van der Waals surface area (Å²) in [4.78, 5) is 41.2. The number of piperidine rings is 1. The van der Waals surface area contributed by atoms with Crippen LogP contribution in [0.3, 0.4) is 0 Å². The SMILES string of the molecule is C[C@H]1CCN(C(=O)[C@@H](N)CCCN=C(N)N[N+](=O)[O-])[C@H](C(=O)OCc2ccccc2)C1.Cl. The lowest BCUT2D eigenvalue weighted by molar-refractivity contribution is -0.525. The summed E-state index contributed by atoms with van der Waals surface area (Å²) in [7, 11) is 0. The van der Waals surface area contributed by atoms with Crippen molar-refractivity contribution >= 4 is 30.2 Å². The quantitative estimate of drug-likeness (QED) is 0.120. The van der Waals surface area contributed by atoms with Crippen molar-refractivity contribution in [2.75, 3.05) is 13.1 Å². The second-order valence-electron chi connectivity index (χ2n) is 7.65. The zero-order valence-corrected chi connectivity index (χ0v) is 18.8. The summed E-state index contributed by atoms with van der Waals surface area (Å²) in [6.45, 7) is 2.82. The summed E-state index contributed by atoms with van der Waals surface area (Å²) in [5.41, 5.74) is 14.0. The van der Waals surface area contributed by atoms with E-state index < -0.39 is 23.1 Å². The van der Waals surface area contributed by atoms with E-state index in [4.69, 9.17) is 16.2 Å². The van der Waals surface area contributed by atoms with Crippen molar-refractivity contribution in [3.8, 4) is 0 Å². The van der Waals surface area contributed by atoms with Gasteiger partial charge in [0.25, 0.3) is 5.96 Å². The Morgan fingerprint density at radius 3 is 2.72 bits per heavy atom. The molecule has 0 spiro atoms. The van der Waals surface area contributed by atoms with E-state index in [1.54, 1.807) is 5.43 Å². The molecule has 1 amide bonds. The van der Waals surface area contributed by atoms with E-state index in [0.717, 1.165) is 12.0 Å². The first-order valence-corrected chi connectivity index (χ1v) is 10.3. The van der Waals surface area contributed by atoms with E-state index in [2.05, 4.69) is 4.99 Å². The average molecular weight is 471 g/mol. The number of ether oxygens (including phenoxy) is 1. The molecular formula is C20H31ClN6O5. The van der Waals surface area contributed by atoms with Crippen LogP contribution in [0, 0.1) is 16.0 Å². The van der Waals surface area contributed by atoms with Crippen molar-refractivity contribution in [3.05, 3.63) is 46.0 Å². The third-order valence-corrected chi connectivity index (χ3v) is 5.12. The lowest BCUT2D eigenvalue weighted by atomic mass is 9.91. The van der Waals surface area contributed by atoms with Crippen molar-refractivity contribution in [2.45, 2.75) is 51.3 Å². The molecule has 1 aliphatic heterocycles. The van der Waals surface area contributed by atoms with Crippen LogP contribution in [-0.2, 0) is 20.9 Å². The number of carbonyl (C=O) groups excluding carboxylic acids is 2. The van der Waals surface area contributed by atoms with Gasteiger partial charge in [0.1, 0.15) is 12.6 Å². The van der Waals surface area contributed by atoms with Gasteiger partial charge in [-0.15, -0.1) is 12.4 Å². The average Bonchev–Trinajstić information content (AvgIpc) is 2.74. The zero-order valence-electron chi connectivity index (χ0n) is 18.0. The number of amides is 1. The van der Waals surface area contributed by atoms with Crippen molar-refractivity contribution in [1.29, 1.82) is 0 Å². The number of hydrogen-bond acceptors (Lipinski definition) is 7. The second kappa shape index (κ2) is 13.5. The molecule has 3 atom stereocenters. The number of carbonyl (C=O) groups is 2. The van der Waals surface area contributed by atoms with Gasteiger partial charge in [-0.1, -0.05) is 42.7 Å². The maximum atomic E-state index is 12.9. The molecule has 178 valence electrons.